The van der Waals surface area contributed by atoms with Crippen LogP contribution in [-0.2, 0) is 12.8 Å². The lowest BCUT2D eigenvalue weighted by atomic mass is 9.95. The van der Waals surface area contributed by atoms with Crippen molar-refractivity contribution < 1.29 is 14.8 Å². The Kier molecular flexibility index (Phi) is 5.49. The van der Waals surface area contributed by atoms with E-state index in [1.807, 2.05) is 24.5 Å². The molecule has 2 aromatic heterocycles. The molecule has 0 fully saturated rings. The number of rotatable bonds is 5. The Labute approximate surface area is 183 Å². The lowest BCUT2D eigenvalue weighted by Gasteiger charge is -2.11. The number of aromatic carboxylic acids is 1. The van der Waals surface area contributed by atoms with Crippen molar-refractivity contribution in [2.75, 3.05) is 0 Å². The van der Waals surface area contributed by atoms with Crippen molar-refractivity contribution >= 4 is 34.9 Å². The van der Waals surface area contributed by atoms with E-state index in [0.29, 0.717) is 16.8 Å². The Hall–Kier alpha value is -3.26. The van der Waals surface area contributed by atoms with Crippen LogP contribution in [0.2, 0.25) is 0 Å². The summed E-state index contributed by atoms with van der Waals surface area (Å²) in [5, 5.41) is 21.8. The van der Waals surface area contributed by atoms with Crippen LogP contribution in [-0.4, -0.2) is 26.8 Å². The molecule has 1 aliphatic carbocycles. The third kappa shape index (κ3) is 3.79. The molecule has 2 heterocycles. The van der Waals surface area contributed by atoms with Gasteiger partial charge in [-0.2, -0.15) is 0 Å². The van der Waals surface area contributed by atoms with Crippen LogP contribution >= 0.6 is 11.3 Å². The number of aromatic nitrogens is 1. The number of aliphatic imine (C=N–C) groups is 1. The fourth-order valence-electron chi connectivity index (χ4n) is 4.18. The van der Waals surface area contributed by atoms with Crippen molar-refractivity contribution in [2.24, 2.45) is 4.99 Å². The highest BCUT2D eigenvalue weighted by Crippen LogP contribution is 2.38. The summed E-state index contributed by atoms with van der Waals surface area (Å²) in [6.45, 7) is 5.58. The first kappa shape index (κ1) is 21.0. The van der Waals surface area contributed by atoms with Gasteiger partial charge in [-0.05, 0) is 64.2 Å². The summed E-state index contributed by atoms with van der Waals surface area (Å²) in [6, 6.07) is 6.85. The number of thiophene rings is 1. The average Bonchev–Trinajstić information content (AvgIpc) is 3.23. The molecule has 0 radical (unpaired) electrons. The predicted octanol–water partition coefficient (Wildman–Crippen LogP) is 5.70. The number of hydrogen-bond acceptors (Lipinski definition) is 5. The molecule has 4 rings (SSSR count). The van der Waals surface area contributed by atoms with Crippen molar-refractivity contribution in [3.8, 4) is 5.00 Å². The standard InChI is InChI=1S/C23H23N3O4S/c1-13-8-9-17(11-19(13)26(29)30)24-12-16-10-14(2)25(15(16)3)22-21(23(27)28)18-6-4-5-7-20(18)31-22/h8-12H,4-7H2,1-3H3,(H,27,28). The predicted molar refractivity (Wildman–Crippen MR) is 122 cm³/mol. The highest BCUT2D eigenvalue weighted by molar-refractivity contribution is 7.15. The maximum Gasteiger partial charge on any atom is 0.339 e. The minimum atomic E-state index is -0.885. The van der Waals surface area contributed by atoms with Crippen molar-refractivity contribution in [3.05, 3.63) is 72.9 Å². The Balaban J connectivity index is 1.75. The molecule has 0 saturated carbocycles. The van der Waals surface area contributed by atoms with Gasteiger partial charge in [-0.15, -0.1) is 11.3 Å². The topological polar surface area (TPSA) is 97.7 Å². The number of carbonyl (C=O) groups is 1. The fourth-order valence-corrected chi connectivity index (χ4v) is 5.67. The molecule has 0 unspecified atom stereocenters. The van der Waals surface area contributed by atoms with Crippen molar-refractivity contribution in [2.45, 2.75) is 46.5 Å². The van der Waals surface area contributed by atoms with Gasteiger partial charge in [0.15, 0.2) is 0 Å². The summed E-state index contributed by atoms with van der Waals surface area (Å²) < 4.78 is 1.99. The molecule has 0 aliphatic heterocycles. The molecule has 8 heteroatoms. The van der Waals surface area contributed by atoms with Gasteiger partial charge in [-0.25, -0.2) is 4.79 Å². The van der Waals surface area contributed by atoms with E-state index in [9.17, 15) is 20.0 Å². The molecule has 3 aromatic rings. The Bertz CT molecular complexity index is 1240. The zero-order valence-corrected chi connectivity index (χ0v) is 18.5. The maximum absolute atomic E-state index is 12.1. The van der Waals surface area contributed by atoms with Crippen molar-refractivity contribution in [3.63, 3.8) is 0 Å². The van der Waals surface area contributed by atoms with Crippen LogP contribution in [0.4, 0.5) is 11.4 Å². The lowest BCUT2D eigenvalue weighted by molar-refractivity contribution is -0.385. The van der Waals surface area contributed by atoms with Crippen molar-refractivity contribution in [1.29, 1.82) is 0 Å². The first-order chi connectivity index (χ1) is 14.8. The summed E-state index contributed by atoms with van der Waals surface area (Å²) in [7, 11) is 0. The summed E-state index contributed by atoms with van der Waals surface area (Å²) in [4.78, 5) is 28.5. The quantitative estimate of drug-likeness (QED) is 0.314. The van der Waals surface area contributed by atoms with Gasteiger partial charge in [0, 0.05) is 39.7 Å². The Morgan fingerprint density at radius 1 is 1.23 bits per heavy atom. The maximum atomic E-state index is 12.1. The van der Waals surface area contributed by atoms with E-state index >= 15 is 0 Å². The molecule has 0 amide bonds. The monoisotopic (exact) mass is 437 g/mol. The normalized spacial score (nSPS) is 13.5. The number of carboxylic acid groups (broad SMARTS) is 1. The average molecular weight is 438 g/mol. The molecule has 1 aliphatic rings. The number of carboxylic acids is 1. The molecule has 7 nitrogen and oxygen atoms in total. The van der Waals surface area contributed by atoms with E-state index in [-0.39, 0.29) is 5.69 Å². The second-order valence-corrected chi connectivity index (χ2v) is 8.93. The van der Waals surface area contributed by atoms with E-state index in [2.05, 4.69) is 4.99 Å². The van der Waals surface area contributed by atoms with Crippen LogP contribution in [0, 0.1) is 30.9 Å². The number of nitrogens with zero attached hydrogens (tertiary/aromatic N) is 3. The molecular weight excluding hydrogens is 414 g/mol. The molecular formula is C23H23N3O4S. The zero-order valence-electron chi connectivity index (χ0n) is 17.6. The molecule has 0 spiro atoms. The molecule has 160 valence electrons. The van der Waals surface area contributed by atoms with Gasteiger partial charge in [0.25, 0.3) is 5.69 Å². The van der Waals surface area contributed by atoms with Crippen LogP contribution in [0.25, 0.3) is 5.00 Å². The van der Waals surface area contributed by atoms with Crippen LogP contribution in [0.15, 0.2) is 29.3 Å². The van der Waals surface area contributed by atoms with E-state index in [0.717, 1.165) is 53.2 Å². The van der Waals surface area contributed by atoms with Gasteiger partial charge in [0.05, 0.1) is 16.2 Å². The Morgan fingerprint density at radius 2 is 1.97 bits per heavy atom. The number of hydrogen-bond donors (Lipinski definition) is 1. The largest absolute Gasteiger partial charge is 0.478 e. The lowest BCUT2D eigenvalue weighted by Crippen LogP contribution is -2.09. The second kappa shape index (κ2) is 8.11. The van der Waals surface area contributed by atoms with Gasteiger partial charge in [-0.1, -0.05) is 6.07 Å². The van der Waals surface area contributed by atoms with Crippen LogP contribution < -0.4 is 0 Å². The van der Waals surface area contributed by atoms with E-state index < -0.39 is 10.9 Å². The highest BCUT2D eigenvalue weighted by atomic mass is 32.1. The van der Waals surface area contributed by atoms with Gasteiger partial charge < -0.3 is 9.67 Å². The third-order valence-electron chi connectivity index (χ3n) is 5.78. The van der Waals surface area contributed by atoms with Gasteiger partial charge in [0.1, 0.15) is 5.00 Å². The summed E-state index contributed by atoms with van der Waals surface area (Å²) in [5.74, 6) is -0.885. The summed E-state index contributed by atoms with van der Waals surface area (Å²) in [5.41, 5.74) is 5.19. The molecule has 31 heavy (non-hydrogen) atoms. The minimum absolute atomic E-state index is 0.0374. The van der Waals surface area contributed by atoms with Crippen LogP contribution in [0.3, 0.4) is 0 Å². The molecule has 0 atom stereocenters. The Morgan fingerprint density at radius 3 is 2.68 bits per heavy atom. The number of aryl methyl sites for hydroxylation is 3. The SMILES string of the molecule is Cc1ccc(N=Cc2cc(C)n(-c3sc4c(c3C(=O)O)CCCC4)c2C)cc1[N+](=O)[O-]. The molecule has 0 bridgehead atoms. The van der Waals surface area contributed by atoms with E-state index in [1.165, 1.54) is 10.9 Å². The molecule has 0 saturated heterocycles. The smallest absolute Gasteiger partial charge is 0.339 e. The third-order valence-corrected chi connectivity index (χ3v) is 7.06. The second-order valence-electron chi connectivity index (χ2n) is 7.84. The van der Waals surface area contributed by atoms with Crippen molar-refractivity contribution in [1.82, 2.24) is 4.57 Å². The number of nitro groups is 1. The van der Waals surface area contributed by atoms with Crippen LogP contribution in [0.5, 0.6) is 0 Å². The molecule has 1 aromatic carbocycles. The first-order valence-corrected chi connectivity index (χ1v) is 11.0. The molecule has 1 N–H and O–H groups in total. The minimum Gasteiger partial charge on any atom is -0.478 e. The highest BCUT2D eigenvalue weighted by Gasteiger charge is 2.27. The summed E-state index contributed by atoms with van der Waals surface area (Å²) in [6.07, 6.45) is 5.54. The van der Waals surface area contributed by atoms with E-state index in [4.69, 9.17) is 0 Å². The zero-order chi connectivity index (χ0) is 22.3. The van der Waals surface area contributed by atoms with Gasteiger partial charge in [0.2, 0.25) is 0 Å². The number of nitro benzene ring substituents is 1. The van der Waals surface area contributed by atoms with Gasteiger partial charge in [-0.3, -0.25) is 15.1 Å². The summed E-state index contributed by atoms with van der Waals surface area (Å²) >= 11 is 1.57. The first-order valence-electron chi connectivity index (χ1n) is 10.1. The van der Waals surface area contributed by atoms with Crippen LogP contribution in [0.1, 0.15) is 56.2 Å². The van der Waals surface area contributed by atoms with E-state index in [1.54, 1.807) is 36.6 Å². The number of benzene rings is 1. The number of fused-ring (bicyclic) bond motifs is 1. The van der Waals surface area contributed by atoms with Gasteiger partial charge >= 0.3 is 5.97 Å². The fraction of sp³-hybridized carbons (Fsp3) is 0.304.